The molecule has 5 rings (SSSR count). The molecule has 9 nitrogen and oxygen atoms in total. The molecule has 2 aliphatic heterocycles. The SMILES string of the molecule is COc1cc(C2C(=C(O)c3ccncc3)C(=O)C(=O)N2CCCN2CCOCC2)ccc1OCc1ccccc1. The fourth-order valence-corrected chi connectivity index (χ4v) is 5.12. The molecule has 2 aromatic carbocycles. The first-order valence-corrected chi connectivity index (χ1v) is 13.4. The smallest absolute Gasteiger partial charge is 0.295 e. The Labute approximate surface area is 233 Å². The van der Waals surface area contributed by atoms with Gasteiger partial charge in [-0.1, -0.05) is 36.4 Å². The Bertz CT molecular complexity index is 1360. The summed E-state index contributed by atoms with van der Waals surface area (Å²) in [7, 11) is 1.55. The molecule has 3 aromatic rings. The third-order valence-electron chi connectivity index (χ3n) is 7.21. The summed E-state index contributed by atoms with van der Waals surface area (Å²) in [5.41, 5.74) is 2.12. The number of rotatable bonds is 10. The zero-order valence-corrected chi connectivity index (χ0v) is 22.5. The Kier molecular flexibility index (Phi) is 8.73. The number of ether oxygens (including phenoxy) is 3. The summed E-state index contributed by atoms with van der Waals surface area (Å²) < 4.78 is 17.1. The molecule has 0 radical (unpaired) electrons. The lowest BCUT2D eigenvalue weighted by Crippen LogP contribution is -2.39. The normalized spacial score (nSPS) is 19.1. The second kappa shape index (κ2) is 12.8. The maximum absolute atomic E-state index is 13.4. The molecule has 2 aliphatic rings. The van der Waals surface area contributed by atoms with Gasteiger partial charge in [0.15, 0.2) is 11.5 Å². The third-order valence-corrected chi connectivity index (χ3v) is 7.21. The van der Waals surface area contributed by atoms with Crippen LogP contribution in [0.5, 0.6) is 11.5 Å². The molecule has 208 valence electrons. The number of ketones is 1. The van der Waals surface area contributed by atoms with Crippen molar-refractivity contribution in [2.24, 2.45) is 0 Å². The van der Waals surface area contributed by atoms with Crippen LogP contribution >= 0.6 is 0 Å². The molecule has 9 heteroatoms. The van der Waals surface area contributed by atoms with Crippen LogP contribution in [0.2, 0.25) is 0 Å². The predicted octanol–water partition coefficient (Wildman–Crippen LogP) is 3.81. The summed E-state index contributed by atoms with van der Waals surface area (Å²) in [5.74, 6) is -0.574. The second-order valence-electron chi connectivity index (χ2n) is 9.72. The lowest BCUT2D eigenvalue weighted by Gasteiger charge is -2.29. The van der Waals surface area contributed by atoms with Crippen LogP contribution in [0.25, 0.3) is 5.76 Å². The molecular formula is C31H33N3O6. The standard InChI is InChI=1S/C31H33N3O6/c1-38-26-20-24(8-9-25(26)40-21-22-6-3-2-4-7-22)28-27(29(35)23-10-12-32-13-11-23)30(36)31(37)34(28)15-5-14-33-16-18-39-19-17-33/h2-4,6-13,20,28,35H,5,14-19,21H2,1H3. The van der Waals surface area contributed by atoms with Gasteiger partial charge in [0.2, 0.25) is 0 Å². The van der Waals surface area contributed by atoms with Crippen molar-refractivity contribution in [1.82, 2.24) is 14.8 Å². The second-order valence-corrected chi connectivity index (χ2v) is 9.72. The van der Waals surface area contributed by atoms with Crippen molar-refractivity contribution in [2.45, 2.75) is 19.1 Å². The lowest BCUT2D eigenvalue weighted by molar-refractivity contribution is -0.140. The number of hydrogen-bond acceptors (Lipinski definition) is 8. The maximum atomic E-state index is 13.4. The number of benzene rings is 2. The lowest BCUT2D eigenvalue weighted by atomic mass is 9.95. The molecule has 3 heterocycles. The van der Waals surface area contributed by atoms with Crippen molar-refractivity contribution in [3.8, 4) is 11.5 Å². The molecule has 2 saturated heterocycles. The van der Waals surface area contributed by atoms with Gasteiger partial charge in [0.25, 0.3) is 11.7 Å². The molecule has 0 aliphatic carbocycles. The number of pyridine rings is 1. The van der Waals surface area contributed by atoms with Gasteiger partial charge in [0.05, 0.1) is 31.9 Å². The van der Waals surface area contributed by atoms with Crippen molar-refractivity contribution in [2.75, 3.05) is 46.5 Å². The van der Waals surface area contributed by atoms with Gasteiger partial charge < -0.3 is 24.2 Å². The first-order valence-electron chi connectivity index (χ1n) is 13.4. The Morgan fingerprint density at radius 2 is 1.75 bits per heavy atom. The van der Waals surface area contributed by atoms with E-state index in [0.717, 1.165) is 25.2 Å². The van der Waals surface area contributed by atoms with E-state index in [1.807, 2.05) is 36.4 Å². The molecule has 1 unspecified atom stereocenters. The van der Waals surface area contributed by atoms with Gasteiger partial charge in [-0.15, -0.1) is 0 Å². The monoisotopic (exact) mass is 543 g/mol. The van der Waals surface area contributed by atoms with Crippen molar-refractivity contribution in [3.05, 3.63) is 95.3 Å². The van der Waals surface area contributed by atoms with E-state index in [9.17, 15) is 14.7 Å². The topological polar surface area (TPSA) is 101 Å². The number of aliphatic hydroxyl groups is 1. The van der Waals surface area contributed by atoms with Crippen molar-refractivity contribution in [1.29, 1.82) is 0 Å². The van der Waals surface area contributed by atoms with E-state index < -0.39 is 17.7 Å². The number of nitrogens with zero attached hydrogens (tertiary/aromatic N) is 3. The number of aliphatic hydroxyl groups excluding tert-OH is 1. The van der Waals surface area contributed by atoms with Gasteiger partial charge in [-0.2, -0.15) is 0 Å². The molecule has 40 heavy (non-hydrogen) atoms. The third kappa shape index (κ3) is 6.00. The van der Waals surface area contributed by atoms with Crippen LogP contribution in [-0.2, 0) is 20.9 Å². The zero-order chi connectivity index (χ0) is 27.9. The molecule has 0 spiro atoms. The Morgan fingerprint density at radius 1 is 1.00 bits per heavy atom. The molecule has 0 saturated carbocycles. The Morgan fingerprint density at radius 3 is 2.48 bits per heavy atom. The van der Waals surface area contributed by atoms with Crippen molar-refractivity contribution in [3.63, 3.8) is 0 Å². The summed E-state index contributed by atoms with van der Waals surface area (Å²) in [6.45, 7) is 4.55. The van der Waals surface area contributed by atoms with E-state index in [-0.39, 0.29) is 11.3 Å². The number of carbonyl (C=O) groups is 2. The highest BCUT2D eigenvalue weighted by Crippen LogP contribution is 2.42. The van der Waals surface area contributed by atoms with E-state index in [1.165, 1.54) is 12.4 Å². The van der Waals surface area contributed by atoms with Gasteiger partial charge in [-0.3, -0.25) is 19.5 Å². The van der Waals surface area contributed by atoms with Crippen molar-refractivity contribution >= 4 is 17.4 Å². The number of carbonyl (C=O) groups excluding carboxylic acids is 2. The number of likely N-dealkylation sites (tertiary alicyclic amines) is 1. The van der Waals surface area contributed by atoms with Crippen molar-refractivity contribution < 1.29 is 28.9 Å². The van der Waals surface area contributed by atoms with Crippen LogP contribution in [0.15, 0.2) is 78.6 Å². The summed E-state index contributed by atoms with van der Waals surface area (Å²) >= 11 is 0. The van der Waals surface area contributed by atoms with Crippen LogP contribution in [0.3, 0.4) is 0 Å². The number of methoxy groups -OCH3 is 1. The Hall–Kier alpha value is -4.21. The van der Waals surface area contributed by atoms with E-state index in [1.54, 1.807) is 36.3 Å². The van der Waals surface area contributed by atoms with Gasteiger partial charge in [0, 0.05) is 44.1 Å². The molecule has 2 fully saturated rings. The highest BCUT2D eigenvalue weighted by molar-refractivity contribution is 6.46. The first kappa shape index (κ1) is 27.4. The molecular weight excluding hydrogens is 510 g/mol. The summed E-state index contributed by atoms with van der Waals surface area (Å²) in [6.07, 6.45) is 3.74. The largest absolute Gasteiger partial charge is 0.507 e. The van der Waals surface area contributed by atoms with Crippen LogP contribution in [0.4, 0.5) is 0 Å². The zero-order valence-electron chi connectivity index (χ0n) is 22.5. The summed E-state index contributed by atoms with van der Waals surface area (Å²) in [6, 6.07) is 17.6. The number of hydrogen-bond donors (Lipinski definition) is 1. The van der Waals surface area contributed by atoms with Gasteiger partial charge in [-0.05, 0) is 41.8 Å². The fourth-order valence-electron chi connectivity index (χ4n) is 5.12. The number of morpholine rings is 1. The average molecular weight is 544 g/mol. The highest BCUT2D eigenvalue weighted by Gasteiger charge is 2.46. The van der Waals surface area contributed by atoms with Crippen LogP contribution in [0, 0.1) is 0 Å². The van der Waals surface area contributed by atoms with Crippen LogP contribution < -0.4 is 9.47 Å². The molecule has 1 amide bonds. The van der Waals surface area contributed by atoms with Crippen LogP contribution in [0.1, 0.15) is 29.2 Å². The quantitative estimate of drug-likeness (QED) is 0.234. The first-order chi connectivity index (χ1) is 19.6. The highest BCUT2D eigenvalue weighted by atomic mass is 16.5. The minimum atomic E-state index is -0.782. The number of Topliss-reactive ketones (excluding diaryl/α,β-unsaturated/α-hetero) is 1. The molecule has 1 aromatic heterocycles. The maximum Gasteiger partial charge on any atom is 0.295 e. The number of aromatic nitrogens is 1. The molecule has 0 bridgehead atoms. The Balaban J connectivity index is 1.46. The minimum absolute atomic E-state index is 0.0441. The van der Waals surface area contributed by atoms with Gasteiger partial charge in [-0.25, -0.2) is 0 Å². The van der Waals surface area contributed by atoms with E-state index in [0.29, 0.717) is 55.4 Å². The summed E-state index contributed by atoms with van der Waals surface area (Å²) in [5, 5.41) is 11.3. The van der Waals surface area contributed by atoms with E-state index in [4.69, 9.17) is 14.2 Å². The van der Waals surface area contributed by atoms with Gasteiger partial charge in [0.1, 0.15) is 12.4 Å². The number of amides is 1. The summed E-state index contributed by atoms with van der Waals surface area (Å²) in [4.78, 5) is 34.5. The van der Waals surface area contributed by atoms with Crippen LogP contribution in [-0.4, -0.2) is 78.1 Å². The molecule has 1 atom stereocenters. The van der Waals surface area contributed by atoms with E-state index >= 15 is 0 Å². The van der Waals surface area contributed by atoms with Gasteiger partial charge >= 0.3 is 0 Å². The fraction of sp³-hybridized carbons (Fsp3) is 0.323. The van der Waals surface area contributed by atoms with E-state index in [2.05, 4.69) is 9.88 Å². The minimum Gasteiger partial charge on any atom is -0.507 e. The molecule has 1 N–H and O–H groups in total. The predicted molar refractivity (Wildman–Crippen MR) is 149 cm³/mol. The average Bonchev–Trinajstić information content (AvgIpc) is 3.26.